The van der Waals surface area contributed by atoms with Gasteiger partial charge < -0.3 is 0 Å². The summed E-state index contributed by atoms with van der Waals surface area (Å²) >= 11 is 0. The van der Waals surface area contributed by atoms with E-state index in [1.165, 1.54) is 145 Å². The Morgan fingerprint density at radius 2 is 0.474 bits per heavy atom. The third-order valence-electron chi connectivity index (χ3n) is 20.0. The molecule has 0 bridgehead atoms. The Hall–Kier alpha value is -10.1. The summed E-state index contributed by atoms with van der Waals surface area (Å²) in [6, 6.07) is 116. The molecule has 0 heteroatoms. The molecule has 0 spiro atoms. The first-order valence-electron chi connectivity index (χ1n) is 34.0. The van der Waals surface area contributed by atoms with Crippen LogP contribution < -0.4 is 0 Å². The molecule has 0 nitrogen and oxygen atoms in total. The van der Waals surface area contributed by atoms with Gasteiger partial charge in [0.05, 0.1) is 5.41 Å². The highest BCUT2D eigenvalue weighted by atomic mass is 14.5. The van der Waals surface area contributed by atoms with Gasteiger partial charge in [0.15, 0.2) is 0 Å². The number of hydrogen-bond donors (Lipinski definition) is 0. The fraction of sp³-hybridized carbons (Fsp3) is 0.179. The second kappa shape index (κ2) is 24.3. The second-order valence-electron chi connectivity index (χ2n) is 30.6. The van der Waals surface area contributed by atoms with Crippen LogP contribution in [0.5, 0.6) is 0 Å². The minimum atomic E-state index is -0.822. The van der Waals surface area contributed by atoms with E-state index >= 15 is 0 Å². The lowest BCUT2D eigenvalue weighted by Gasteiger charge is -2.35. The predicted molar refractivity (Wildman–Crippen MR) is 407 cm³/mol. The molecule has 13 aromatic carbocycles. The van der Waals surface area contributed by atoms with Gasteiger partial charge in [-0.1, -0.05) is 332 Å². The zero-order chi connectivity index (χ0) is 66.0. The number of benzene rings is 13. The summed E-state index contributed by atoms with van der Waals surface area (Å²) in [5.74, 6) is 0. The van der Waals surface area contributed by atoms with Crippen LogP contribution in [0.1, 0.15) is 128 Å². The van der Waals surface area contributed by atoms with Crippen molar-refractivity contribution in [3.8, 4) is 111 Å². The highest BCUT2D eigenvalue weighted by Gasteiger charge is 2.48. The molecule has 0 N–H and O–H groups in total. The van der Waals surface area contributed by atoms with Crippen molar-refractivity contribution in [3.05, 3.63) is 348 Å². The smallest absolute Gasteiger partial charge is 0.0622 e. The van der Waals surface area contributed by atoms with Crippen LogP contribution in [0.25, 0.3) is 111 Å². The van der Waals surface area contributed by atoms with Crippen molar-refractivity contribution in [2.24, 2.45) is 0 Å². The first kappa shape index (κ1) is 62.3. The maximum absolute atomic E-state index is 2.53. The summed E-state index contributed by atoms with van der Waals surface area (Å²) in [5.41, 5.74) is 33.4. The lowest BCUT2D eigenvalue weighted by molar-refractivity contribution is 0.590. The van der Waals surface area contributed by atoms with E-state index in [4.69, 9.17) is 0 Å². The highest BCUT2D eigenvalue weighted by molar-refractivity contribution is 6.00. The molecule has 0 saturated heterocycles. The molecular formula is C95H86. The minimum Gasteiger partial charge on any atom is -0.0622 e. The average molecular weight is 1230 g/mol. The van der Waals surface area contributed by atoms with Crippen molar-refractivity contribution in [1.29, 1.82) is 0 Å². The first-order chi connectivity index (χ1) is 45.6. The van der Waals surface area contributed by atoms with Crippen molar-refractivity contribution in [3.63, 3.8) is 0 Å². The maximum Gasteiger partial charge on any atom is 0.0714 e. The van der Waals surface area contributed by atoms with E-state index < -0.39 is 5.41 Å². The fourth-order valence-corrected chi connectivity index (χ4v) is 14.6. The molecule has 0 atom stereocenters. The van der Waals surface area contributed by atoms with Crippen LogP contribution in [0.3, 0.4) is 0 Å². The van der Waals surface area contributed by atoms with Gasteiger partial charge in [-0.3, -0.25) is 0 Å². The number of fused-ring (bicyclic) bond motifs is 3. The monoisotopic (exact) mass is 1230 g/mol. The lowest BCUT2D eigenvalue weighted by atomic mass is 9.66. The van der Waals surface area contributed by atoms with E-state index in [0.29, 0.717) is 0 Å². The van der Waals surface area contributed by atoms with E-state index in [1.807, 2.05) is 0 Å². The van der Waals surface area contributed by atoms with Gasteiger partial charge in [0, 0.05) is 0 Å². The third-order valence-corrected chi connectivity index (χ3v) is 20.0. The van der Waals surface area contributed by atoms with Crippen LogP contribution >= 0.6 is 0 Å². The molecule has 0 unspecified atom stereocenters. The van der Waals surface area contributed by atoms with E-state index in [2.05, 4.69) is 386 Å². The SMILES string of the molecule is CC(C)(C)c1ccc(-c2cc(-c3ccc(C(C)(C)C)cc3)cc(-c3cccc(C4(c5cccc(-c6cc(-c7ccc(C(C)(C)C)cc7)cc(-c7ccc(C(C)(C)C)cc7)c6)c5)c5cc(-c6ccccc6)ccc5-c5c(-c6ccccc6-c6ccccc6)cccc54)c3)c2)cc1. The van der Waals surface area contributed by atoms with Gasteiger partial charge in [-0.25, -0.2) is 0 Å². The highest BCUT2D eigenvalue weighted by Crippen LogP contribution is 2.60. The second-order valence-corrected chi connectivity index (χ2v) is 30.6. The van der Waals surface area contributed by atoms with Crippen molar-refractivity contribution in [1.82, 2.24) is 0 Å². The zero-order valence-corrected chi connectivity index (χ0v) is 57.4. The molecule has 95 heavy (non-hydrogen) atoms. The van der Waals surface area contributed by atoms with Gasteiger partial charge in [0.1, 0.15) is 0 Å². The molecule has 0 amide bonds. The summed E-state index contributed by atoms with van der Waals surface area (Å²) in [6.07, 6.45) is 0. The largest absolute Gasteiger partial charge is 0.0714 e. The Morgan fingerprint density at radius 1 is 0.179 bits per heavy atom. The summed E-state index contributed by atoms with van der Waals surface area (Å²) in [4.78, 5) is 0. The van der Waals surface area contributed by atoms with Crippen molar-refractivity contribution in [2.45, 2.75) is 110 Å². The van der Waals surface area contributed by atoms with E-state index in [1.54, 1.807) is 0 Å². The van der Waals surface area contributed by atoms with Gasteiger partial charge in [-0.15, -0.1) is 0 Å². The van der Waals surface area contributed by atoms with Gasteiger partial charge in [-0.2, -0.15) is 0 Å². The number of rotatable bonds is 11. The van der Waals surface area contributed by atoms with Gasteiger partial charge in [0.2, 0.25) is 0 Å². The molecule has 0 aromatic heterocycles. The molecule has 1 aliphatic carbocycles. The van der Waals surface area contributed by atoms with Gasteiger partial charge in [0.25, 0.3) is 0 Å². The summed E-state index contributed by atoms with van der Waals surface area (Å²) < 4.78 is 0. The molecule has 0 heterocycles. The average Bonchev–Trinajstić information content (AvgIpc) is 1.54. The molecule has 0 radical (unpaired) electrons. The standard InChI is InChI=1S/C95H86/c1-91(2,3)78-45-36-64(37-46-78)72-54-73(65-38-47-79(48-39-65)92(4,5)6)57-76(56-72)69-28-21-30-82(60-69)95(83-31-22-29-70(61-83)77-58-74(66-40-49-80(50-41-66)93(7,8)9)55-75(59-77)67-42-51-81(52-43-67)94(10,11)12)88-35-23-34-86(85-33-20-19-32-84(85)68-26-17-14-18-27-68)90(88)87-53-44-71(62-89(87)95)63-24-15-13-16-25-63/h13-62H,1-12H3. The Balaban J connectivity index is 1.04. The number of hydrogen-bond acceptors (Lipinski definition) is 0. The summed E-state index contributed by atoms with van der Waals surface area (Å²) in [5, 5.41) is 0. The van der Waals surface area contributed by atoms with E-state index in [9.17, 15) is 0 Å². The molecule has 466 valence electrons. The Kier molecular flexibility index (Phi) is 16.0. The van der Waals surface area contributed by atoms with Crippen LogP contribution in [0.15, 0.2) is 303 Å². The lowest BCUT2D eigenvalue weighted by Crippen LogP contribution is -2.29. The van der Waals surface area contributed by atoms with Crippen LogP contribution in [0.2, 0.25) is 0 Å². The third kappa shape index (κ3) is 12.1. The Labute approximate surface area is 565 Å². The topological polar surface area (TPSA) is 0 Å². The fourth-order valence-electron chi connectivity index (χ4n) is 14.6. The molecule has 14 rings (SSSR count). The molecule has 0 saturated carbocycles. The van der Waals surface area contributed by atoms with Crippen LogP contribution in [0.4, 0.5) is 0 Å². The Bertz CT molecular complexity index is 4590. The Morgan fingerprint density at radius 3 is 0.863 bits per heavy atom. The van der Waals surface area contributed by atoms with Crippen molar-refractivity contribution < 1.29 is 0 Å². The zero-order valence-electron chi connectivity index (χ0n) is 57.4. The van der Waals surface area contributed by atoms with Crippen molar-refractivity contribution >= 4 is 0 Å². The van der Waals surface area contributed by atoms with Crippen LogP contribution in [-0.2, 0) is 27.1 Å². The van der Waals surface area contributed by atoms with Crippen LogP contribution in [-0.4, -0.2) is 0 Å². The molecule has 0 aliphatic heterocycles. The van der Waals surface area contributed by atoms with Gasteiger partial charge >= 0.3 is 0 Å². The van der Waals surface area contributed by atoms with Crippen molar-refractivity contribution in [2.75, 3.05) is 0 Å². The summed E-state index contributed by atoms with van der Waals surface area (Å²) in [7, 11) is 0. The quantitative estimate of drug-likeness (QED) is 0.121. The molecular weight excluding hydrogens is 1140 g/mol. The molecule has 13 aromatic rings. The van der Waals surface area contributed by atoms with E-state index in [0.717, 1.165) is 11.1 Å². The first-order valence-corrected chi connectivity index (χ1v) is 34.0. The molecule has 0 fully saturated rings. The summed E-state index contributed by atoms with van der Waals surface area (Å²) in [6.45, 7) is 27.5. The maximum atomic E-state index is 2.53. The van der Waals surface area contributed by atoms with E-state index in [-0.39, 0.29) is 21.7 Å². The van der Waals surface area contributed by atoms with Crippen LogP contribution in [0, 0.1) is 0 Å². The minimum absolute atomic E-state index is 0.0342. The normalized spacial score (nSPS) is 12.9. The predicted octanol–water partition coefficient (Wildman–Crippen LogP) is 26.2. The van der Waals surface area contributed by atoms with Gasteiger partial charge in [-0.05, 0) is 232 Å². The molecule has 1 aliphatic rings.